The van der Waals surface area contributed by atoms with E-state index in [9.17, 15) is 4.79 Å². The van der Waals surface area contributed by atoms with Gasteiger partial charge in [-0.15, -0.1) is 0 Å². The van der Waals surface area contributed by atoms with Crippen LogP contribution in [0.15, 0.2) is 0 Å². The summed E-state index contributed by atoms with van der Waals surface area (Å²) in [6.07, 6.45) is 1.02. The number of hydrogen-bond acceptors (Lipinski definition) is 4. The summed E-state index contributed by atoms with van der Waals surface area (Å²) >= 11 is 6.08. The molecule has 1 amide bonds. The van der Waals surface area contributed by atoms with Gasteiger partial charge in [0.2, 0.25) is 0 Å². The molecule has 2 heterocycles. The first-order valence-electron chi connectivity index (χ1n) is 5.88. The number of aryl methyl sites for hydroxylation is 1. The number of amides is 1. The number of rotatable bonds is 3. The molecular weight excluding hydrogens is 256 g/mol. The molecule has 0 radical (unpaired) electrons. The van der Waals surface area contributed by atoms with E-state index in [4.69, 9.17) is 22.2 Å². The molecule has 1 fully saturated rings. The highest BCUT2D eigenvalue weighted by molar-refractivity contribution is 6.31. The molecule has 1 aliphatic heterocycles. The highest BCUT2D eigenvalue weighted by Gasteiger charge is 2.31. The van der Waals surface area contributed by atoms with E-state index in [-0.39, 0.29) is 12.0 Å². The Labute approximate surface area is 110 Å². The van der Waals surface area contributed by atoms with Crippen molar-refractivity contribution in [1.29, 1.82) is 0 Å². The Morgan fingerprint density at radius 2 is 2.33 bits per heavy atom. The van der Waals surface area contributed by atoms with E-state index >= 15 is 0 Å². The highest BCUT2D eigenvalue weighted by Crippen LogP contribution is 2.24. The number of ether oxygens (including phenoxy) is 1. The maximum Gasteiger partial charge on any atom is 0.263 e. The molecule has 0 aliphatic carbocycles. The van der Waals surface area contributed by atoms with Crippen molar-refractivity contribution in [2.24, 2.45) is 5.84 Å². The fourth-order valence-corrected chi connectivity index (χ4v) is 2.31. The van der Waals surface area contributed by atoms with Crippen LogP contribution in [0.25, 0.3) is 0 Å². The van der Waals surface area contributed by atoms with Crippen LogP contribution in [0.3, 0.4) is 0 Å². The number of carbonyl (C=O) groups excluding carboxylic acids is 1. The molecule has 1 aromatic heterocycles. The summed E-state index contributed by atoms with van der Waals surface area (Å²) in [5, 5.41) is 5.03. The van der Waals surface area contributed by atoms with Crippen molar-refractivity contribution < 1.29 is 9.53 Å². The number of nitrogens with two attached hydrogens (primary N) is 1. The molecule has 2 unspecified atom stereocenters. The van der Waals surface area contributed by atoms with Gasteiger partial charge in [-0.1, -0.05) is 11.6 Å². The van der Waals surface area contributed by atoms with E-state index in [2.05, 4.69) is 10.5 Å². The van der Waals surface area contributed by atoms with Gasteiger partial charge in [-0.3, -0.25) is 14.9 Å². The van der Waals surface area contributed by atoms with Crippen LogP contribution in [-0.2, 0) is 16.1 Å². The second-order valence-electron chi connectivity index (χ2n) is 4.50. The molecular formula is C11H17ClN4O2. The third-order valence-corrected chi connectivity index (χ3v) is 3.76. The standard InChI is InChI=1S/C11H17ClN4O2/c1-6-10(12)7(2)16(15-6)5-8-3-4-9(18-8)11(17)14-13/h8-9H,3-5,13H2,1-2H3,(H,14,17). The van der Waals surface area contributed by atoms with Gasteiger partial charge in [0.1, 0.15) is 6.10 Å². The van der Waals surface area contributed by atoms with Gasteiger partial charge in [0.05, 0.1) is 29.1 Å². The molecule has 2 atom stereocenters. The Kier molecular flexibility index (Phi) is 3.89. The summed E-state index contributed by atoms with van der Waals surface area (Å²) in [4.78, 5) is 11.3. The lowest BCUT2D eigenvalue weighted by molar-refractivity contribution is -0.132. The average molecular weight is 273 g/mol. The number of halogens is 1. The van der Waals surface area contributed by atoms with Gasteiger partial charge in [-0.05, 0) is 26.7 Å². The molecule has 1 saturated heterocycles. The predicted molar refractivity (Wildman–Crippen MR) is 66.9 cm³/mol. The molecule has 0 aromatic carbocycles. The Balaban J connectivity index is 1.99. The van der Waals surface area contributed by atoms with Gasteiger partial charge < -0.3 is 4.74 Å². The third kappa shape index (κ3) is 2.50. The molecule has 18 heavy (non-hydrogen) atoms. The summed E-state index contributed by atoms with van der Waals surface area (Å²) in [5.74, 6) is 4.81. The summed E-state index contributed by atoms with van der Waals surface area (Å²) in [6, 6.07) is 0. The van der Waals surface area contributed by atoms with E-state index in [1.807, 2.05) is 18.5 Å². The van der Waals surface area contributed by atoms with Crippen molar-refractivity contribution in [3.05, 3.63) is 16.4 Å². The zero-order chi connectivity index (χ0) is 13.3. The summed E-state index contributed by atoms with van der Waals surface area (Å²) < 4.78 is 7.45. The number of nitrogens with zero attached hydrogens (tertiary/aromatic N) is 2. The summed E-state index contributed by atoms with van der Waals surface area (Å²) in [5.41, 5.74) is 3.84. The van der Waals surface area contributed by atoms with Crippen molar-refractivity contribution in [3.8, 4) is 0 Å². The number of nitrogens with one attached hydrogen (secondary N) is 1. The minimum atomic E-state index is -0.451. The first-order chi connectivity index (χ1) is 8.52. The van der Waals surface area contributed by atoms with E-state index in [1.54, 1.807) is 0 Å². The van der Waals surface area contributed by atoms with Crippen molar-refractivity contribution in [2.75, 3.05) is 0 Å². The van der Waals surface area contributed by atoms with Gasteiger partial charge in [-0.2, -0.15) is 5.10 Å². The number of carbonyl (C=O) groups is 1. The van der Waals surface area contributed by atoms with Gasteiger partial charge >= 0.3 is 0 Å². The lowest BCUT2D eigenvalue weighted by Gasteiger charge is -2.13. The van der Waals surface area contributed by atoms with Gasteiger partial charge in [0.15, 0.2) is 0 Å². The Hall–Kier alpha value is -1.11. The number of aromatic nitrogens is 2. The first kappa shape index (κ1) is 13.3. The fourth-order valence-electron chi connectivity index (χ4n) is 2.17. The van der Waals surface area contributed by atoms with E-state index < -0.39 is 6.10 Å². The fraction of sp³-hybridized carbons (Fsp3) is 0.636. The van der Waals surface area contributed by atoms with Crippen molar-refractivity contribution in [2.45, 2.75) is 45.4 Å². The molecule has 3 N–H and O–H groups in total. The van der Waals surface area contributed by atoms with Crippen molar-refractivity contribution >= 4 is 17.5 Å². The lowest BCUT2D eigenvalue weighted by atomic mass is 10.2. The molecule has 1 aromatic rings. The molecule has 100 valence electrons. The zero-order valence-corrected chi connectivity index (χ0v) is 11.2. The quantitative estimate of drug-likeness (QED) is 0.482. The second-order valence-corrected chi connectivity index (χ2v) is 4.88. The molecule has 1 aliphatic rings. The number of hydrazine groups is 1. The second kappa shape index (κ2) is 5.26. The molecule has 6 nitrogen and oxygen atoms in total. The van der Waals surface area contributed by atoms with E-state index in [0.717, 1.165) is 17.8 Å². The van der Waals surface area contributed by atoms with Crippen LogP contribution in [0, 0.1) is 13.8 Å². The van der Waals surface area contributed by atoms with Crippen LogP contribution in [-0.4, -0.2) is 27.9 Å². The monoisotopic (exact) mass is 272 g/mol. The van der Waals surface area contributed by atoms with Gasteiger partial charge in [0.25, 0.3) is 5.91 Å². The lowest BCUT2D eigenvalue weighted by Crippen LogP contribution is -2.39. The number of hydrogen-bond donors (Lipinski definition) is 2. The normalized spacial score (nSPS) is 23.3. The smallest absolute Gasteiger partial charge is 0.263 e. The van der Waals surface area contributed by atoms with Crippen molar-refractivity contribution in [3.63, 3.8) is 0 Å². The third-order valence-electron chi connectivity index (χ3n) is 3.21. The van der Waals surface area contributed by atoms with Crippen LogP contribution >= 0.6 is 11.6 Å². The Bertz CT molecular complexity index is 460. The summed E-state index contributed by atoms with van der Waals surface area (Å²) in [7, 11) is 0. The Morgan fingerprint density at radius 3 is 2.89 bits per heavy atom. The molecule has 0 saturated carbocycles. The van der Waals surface area contributed by atoms with Crippen LogP contribution in [0.5, 0.6) is 0 Å². The van der Waals surface area contributed by atoms with Gasteiger partial charge in [-0.25, -0.2) is 5.84 Å². The van der Waals surface area contributed by atoms with Crippen LogP contribution in [0.4, 0.5) is 0 Å². The van der Waals surface area contributed by atoms with E-state index in [0.29, 0.717) is 18.0 Å². The van der Waals surface area contributed by atoms with E-state index in [1.165, 1.54) is 0 Å². The maximum atomic E-state index is 11.3. The average Bonchev–Trinajstić information content (AvgIpc) is 2.91. The summed E-state index contributed by atoms with van der Waals surface area (Å²) in [6.45, 7) is 4.39. The molecule has 2 rings (SSSR count). The van der Waals surface area contributed by atoms with Crippen LogP contribution < -0.4 is 11.3 Å². The van der Waals surface area contributed by atoms with Crippen LogP contribution in [0.2, 0.25) is 5.02 Å². The minimum absolute atomic E-state index is 0.0265. The SMILES string of the molecule is Cc1nn(CC2CCC(C(=O)NN)O2)c(C)c1Cl. The zero-order valence-electron chi connectivity index (χ0n) is 10.4. The van der Waals surface area contributed by atoms with Crippen molar-refractivity contribution in [1.82, 2.24) is 15.2 Å². The first-order valence-corrected chi connectivity index (χ1v) is 6.26. The highest BCUT2D eigenvalue weighted by atomic mass is 35.5. The predicted octanol–water partition coefficient (Wildman–Crippen LogP) is 0.691. The Morgan fingerprint density at radius 1 is 1.61 bits per heavy atom. The molecule has 0 spiro atoms. The largest absolute Gasteiger partial charge is 0.363 e. The van der Waals surface area contributed by atoms with Gasteiger partial charge in [0, 0.05) is 0 Å². The van der Waals surface area contributed by atoms with Crippen LogP contribution in [0.1, 0.15) is 24.2 Å². The molecule has 7 heteroatoms. The molecule has 0 bridgehead atoms. The maximum absolute atomic E-state index is 11.3. The topological polar surface area (TPSA) is 82.2 Å². The minimum Gasteiger partial charge on any atom is -0.363 e.